The molecule has 0 radical (unpaired) electrons. The largest absolute Gasteiger partial charge is 0.546 e. The lowest BCUT2D eigenvalue weighted by molar-refractivity contribution is -0.146. The highest BCUT2D eigenvalue weighted by molar-refractivity contribution is 7.87. The third kappa shape index (κ3) is 3.70. The van der Waals surface area contributed by atoms with Crippen molar-refractivity contribution in [1.29, 1.82) is 0 Å². The van der Waals surface area contributed by atoms with E-state index in [0.29, 0.717) is 17.7 Å². The Morgan fingerprint density at radius 2 is 1.90 bits per heavy atom. The predicted molar refractivity (Wildman–Crippen MR) is 116 cm³/mol. The lowest BCUT2D eigenvalue weighted by Crippen LogP contribution is -2.56. The van der Waals surface area contributed by atoms with Crippen LogP contribution >= 0.6 is 0 Å². The molecule has 0 saturated carbocycles. The van der Waals surface area contributed by atoms with E-state index in [0.717, 1.165) is 11.3 Å². The molecule has 1 aromatic carbocycles. The molecule has 0 N–H and O–H groups in total. The molecule has 0 fully saturated rings. The van der Waals surface area contributed by atoms with Crippen LogP contribution in [0.5, 0.6) is 0 Å². The van der Waals surface area contributed by atoms with Gasteiger partial charge in [0, 0.05) is 16.9 Å². The van der Waals surface area contributed by atoms with Gasteiger partial charge in [0.25, 0.3) is 0 Å². The maximum atomic E-state index is 13.7. The molecule has 0 aromatic heterocycles. The van der Waals surface area contributed by atoms with Crippen LogP contribution in [0.15, 0.2) is 58.9 Å². The second-order valence-electron chi connectivity index (χ2n) is 9.02. The average molecular weight is 435 g/mol. The fraction of sp³-hybridized carbons (Fsp3) is 0.500. The van der Waals surface area contributed by atoms with E-state index >= 15 is 0 Å². The van der Waals surface area contributed by atoms with Crippen LogP contribution in [0.4, 0.5) is 0 Å². The van der Waals surface area contributed by atoms with Crippen LogP contribution in [0.2, 0.25) is 18.1 Å². The molecule has 0 bridgehead atoms. The van der Waals surface area contributed by atoms with Crippen LogP contribution in [0.25, 0.3) is 0 Å². The molecule has 1 aliphatic carbocycles. The Labute approximate surface area is 176 Å². The monoisotopic (exact) mass is 434 g/mol. The summed E-state index contributed by atoms with van der Waals surface area (Å²) in [4.78, 5) is 13.6. The third-order valence-electron chi connectivity index (χ3n) is 6.22. The Hall–Kier alpha value is -1.86. The zero-order chi connectivity index (χ0) is 21.4. The van der Waals surface area contributed by atoms with Crippen LogP contribution in [0.1, 0.15) is 33.6 Å². The minimum atomic E-state index is -2.06. The number of allylic oxidation sites excluding steroid dienone is 1. The average Bonchev–Trinajstić information content (AvgIpc) is 3.18. The Bertz CT molecular complexity index is 869. The van der Waals surface area contributed by atoms with Crippen LogP contribution in [0.3, 0.4) is 0 Å². The molecule has 0 amide bonds. The molecule has 7 heteroatoms. The van der Waals surface area contributed by atoms with Crippen LogP contribution in [0, 0.1) is 0 Å². The summed E-state index contributed by atoms with van der Waals surface area (Å²) in [5, 5.41) is 0.0446. The highest BCUT2D eigenvalue weighted by Gasteiger charge is 2.59. The summed E-state index contributed by atoms with van der Waals surface area (Å²) in [7, 11) is -2.37. The van der Waals surface area contributed by atoms with E-state index in [-0.39, 0.29) is 5.04 Å². The smallest absolute Gasteiger partial charge is 0.329 e. The molecule has 2 aliphatic rings. The maximum Gasteiger partial charge on any atom is 0.329 e. The Morgan fingerprint density at radius 1 is 1.24 bits per heavy atom. The van der Waals surface area contributed by atoms with Crippen molar-refractivity contribution in [2.24, 2.45) is 0 Å². The summed E-state index contributed by atoms with van der Waals surface area (Å²) in [6.07, 6.45) is 3.57. The number of esters is 1. The first-order chi connectivity index (χ1) is 13.5. The molecular formula is C22H30O5SSi. The van der Waals surface area contributed by atoms with Crippen molar-refractivity contribution in [2.45, 2.75) is 67.5 Å². The van der Waals surface area contributed by atoms with Gasteiger partial charge >= 0.3 is 5.97 Å². The first-order valence-electron chi connectivity index (χ1n) is 9.84. The van der Waals surface area contributed by atoms with E-state index in [4.69, 9.17) is 13.9 Å². The second kappa shape index (κ2) is 7.76. The van der Waals surface area contributed by atoms with Gasteiger partial charge in [-0.3, -0.25) is 9.00 Å². The summed E-state index contributed by atoms with van der Waals surface area (Å²) in [5.74, 6) is 0.331. The van der Waals surface area contributed by atoms with Crippen molar-refractivity contribution in [3.05, 3.63) is 54.0 Å². The quantitative estimate of drug-likeness (QED) is 0.497. The van der Waals surface area contributed by atoms with Crippen LogP contribution in [-0.4, -0.2) is 36.5 Å². The lowest BCUT2D eigenvalue weighted by Gasteiger charge is -2.43. The third-order valence-corrected chi connectivity index (χ3v) is 12.5. The first-order valence-corrected chi connectivity index (χ1v) is 13.9. The van der Waals surface area contributed by atoms with Crippen molar-refractivity contribution in [3.8, 4) is 0 Å². The van der Waals surface area contributed by atoms with E-state index in [1.807, 2.05) is 24.3 Å². The second-order valence-corrected chi connectivity index (χ2v) is 15.5. The van der Waals surface area contributed by atoms with E-state index in [1.165, 1.54) is 7.11 Å². The van der Waals surface area contributed by atoms with E-state index in [9.17, 15) is 9.00 Å². The zero-order valence-electron chi connectivity index (χ0n) is 18.0. The molecule has 3 rings (SSSR count). The summed E-state index contributed by atoms with van der Waals surface area (Å²) >= 11 is 0. The minimum Gasteiger partial charge on any atom is -0.546 e. The SMILES string of the molecule is COC(=O)C1(S(=O)c2ccccc2)CCC(O[Si](C)(C)C(C)(C)C)=C2C=COC21. The number of hydrogen-bond donors (Lipinski definition) is 0. The minimum absolute atomic E-state index is 0.0446. The van der Waals surface area contributed by atoms with Gasteiger partial charge in [0.1, 0.15) is 0 Å². The van der Waals surface area contributed by atoms with Crippen molar-refractivity contribution in [1.82, 2.24) is 0 Å². The number of methoxy groups -OCH3 is 1. The van der Waals surface area contributed by atoms with Gasteiger partial charge in [0.15, 0.2) is 10.9 Å². The molecule has 1 aliphatic heterocycles. The van der Waals surface area contributed by atoms with Gasteiger partial charge in [-0.1, -0.05) is 39.0 Å². The normalized spacial score (nSPS) is 25.2. The Kier molecular flexibility index (Phi) is 5.84. The summed E-state index contributed by atoms with van der Waals surface area (Å²) in [5.41, 5.74) is 0.802. The van der Waals surface area contributed by atoms with Gasteiger partial charge in [0.05, 0.1) is 29.9 Å². The number of benzene rings is 1. The van der Waals surface area contributed by atoms with Crippen molar-refractivity contribution in [3.63, 3.8) is 0 Å². The molecule has 1 heterocycles. The standard InChI is InChI=1S/C22H30O5SSi/c1-21(2,3)29(5,6)27-18-12-14-22(20(23)25-4,19-17(18)13-15-26-19)28(24)16-10-8-7-9-11-16/h7-11,13,15,19H,12,14H2,1-6H3. The predicted octanol–water partition coefficient (Wildman–Crippen LogP) is 4.69. The summed E-state index contributed by atoms with van der Waals surface area (Å²) < 4.78 is 30.0. The number of ether oxygens (including phenoxy) is 2. The zero-order valence-corrected chi connectivity index (χ0v) is 19.8. The molecule has 5 nitrogen and oxygen atoms in total. The molecular weight excluding hydrogens is 404 g/mol. The van der Waals surface area contributed by atoms with Crippen molar-refractivity contribution >= 4 is 25.1 Å². The highest BCUT2D eigenvalue weighted by atomic mass is 32.2. The fourth-order valence-electron chi connectivity index (χ4n) is 3.50. The van der Waals surface area contributed by atoms with Gasteiger partial charge < -0.3 is 13.9 Å². The van der Waals surface area contributed by atoms with Crippen LogP contribution < -0.4 is 0 Å². The topological polar surface area (TPSA) is 61.8 Å². The van der Waals surface area contributed by atoms with Gasteiger partial charge in [-0.15, -0.1) is 0 Å². The summed E-state index contributed by atoms with van der Waals surface area (Å²) in [6.45, 7) is 11.0. The molecule has 0 saturated heterocycles. The van der Waals surface area contributed by atoms with Gasteiger partial charge in [0.2, 0.25) is 8.32 Å². The molecule has 3 atom stereocenters. The molecule has 0 spiro atoms. The van der Waals surface area contributed by atoms with Crippen molar-refractivity contribution < 1.29 is 22.9 Å². The van der Waals surface area contributed by atoms with Crippen LogP contribution in [-0.2, 0) is 29.5 Å². The van der Waals surface area contributed by atoms with Gasteiger partial charge in [-0.25, -0.2) is 0 Å². The number of carbonyl (C=O) groups is 1. The molecule has 158 valence electrons. The Morgan fingerprint density at radius 3 is 2.48 bits per heavy atom. The summed E-state index contributed by atoms with van der Waals surface area (Å²) in [6, 6.07) is 9.04. The maximum absolute atomic E-state index is 13.7. The Balaban J connectivity index is 2.06. The van der Waals surface area contributed by atoms with Gasteiger partial charge in [-0.2, -0.15) is 0 Å². The molecule has 3 unspecified atom stereocenters. The number of rotatable bonds is 5. The van der Waals surface area contributed by atoms with Crippen molar-refractivity contribution in [2.75, 3.05) is 7.11 Å². The number of fused-ring (bicyclic) bond motifs is 1. The van der Waals surface area contributed by atoms with Gasteiger partial charge in [-0.05, 0) is 42.8 Å². The molecule has 29 heavy (non-hydrogen) atoms. The van der Waals surface area contributed by atoms with E-state index in [2.05, 4.69) is 33.9 Å². The molecule has 1 aromatic rings. The number of carbonyl (C=O) groups excluding carboxylic acids is 1. The first kappa shape index (κ1) is 21.8. The highest BCUT2D eigenvalue weighted by Crippen LogP contribution is 2.47. The van der Waals surface area contributed by atoms with E-state index in [1.54, 1.807) is 18.4 Å². The number of hydrogen-bond acceptors (Lipinski definition) is 5. The van der Waals surface area contributed by atoms with E-state index < -0.39 is 35.9 Å². The lowest BCUT2D eigenvalue weighted by atomic mass is 9.84. The fourth-order valence-corrected chi connectivity index (χ4v) is 6.37.